The molecule has 2 aliphatic carbocycles. The second-order valence-corrected chi connectivity index (χ2v) is 7.74. The lowest BCUT2D eigenvalue weighted by Crippen LogP contribution is -2.58. The summed E-state index contributed by atoms with van der Waals surface area (Å²) in [6, 6.07) is 9.16. The number of hydrogen-bond acceptors (Lipinski definition) is 2. The van der Waals surface area contributed by atoms with E-state index in [4.69, 9.17) is 16.3 Å². The largest absolute Gasteiger partial charge is 0.377 e. The minimum absolute atomic E-state index is 0.615. The maximum atomic E-state index is 6.08. The second kappa shape index (κ2) is 6.96. The molecule has 23 heavy (non-hydrogen) atoms. The molecule has 4 atom stereocenters. The van der Waals surface area contributed by atoms with Crippen molar-refractivity contribution in [3.63, 3.8) is 0 Å². The van der Waals surface area contributed by atoms with E-state index >= 15 is 0 Å². The number of ether oxygens (including phenoxy) is 1. The Labute approximate surface area is 144 Å². The average Bonchev–Trinajstić information content (AvgIpc) is 2.59. The molecule has 0 spiro atoms. The first-order valence-electron chi connectivity index (χ1n) is 9.07. The van der Waals surface area contributed by atoms with Crippen LogP contribution in [0, 0.1) is 11.8 Å². The lowest BCUT2D eigenvalue weighted by molar-refractivity contribution is 0.0272. The smallest absolute Gasteiger partial charge is 0.0689 e. The third-order valence-electron chi connectivity index (χ3n) is 5.99. The van der Waals surface area contributed by atoms with Crippen molar-refractivity contribution in [3.8, 4) is 0 Å². The van der Waals surface area contributed by atoms with Crippen molar-refractivity contribution < 1.29 is 4.74 Å². The highest BCUT2D eigenvalue weighted by Crippen LogP contribution is 2.54. The van der Waals surface area contributed by atoms with Gasteiger partial charge in [0.25, 0.3) is 0 Å². The van der Waals surface area contributed by atoms with Gasteiger partial charge < -0.3 is 10.1 Å². The van der Waals surface area contributed by atoms with E-state index in [1.165, 1.54) is 36.8 Å². The Bertz CT molecular complexity index is 568. The fourth-order valence-electron chi connectivity index (χ4n) is 4.87. The Hall–Kier alpha value is -0.830. The number of fused-ring (bicyclic) bond motifs is 1. The average molecular weight is 332 g/mol. The summed E-state index contributed by atoms with van der Waals surface area (Å²) in [4.78, 5) is 0. The van der Waals surface area contributed by atoms with Crippen LogP contribution in [0.2, 0.25) is 5.02 Å². The lowest BCUT2D eigenvalue weighted by atomic mass is 9.53. The van der Waals surface area contributed by atoms with Crippen molar-refractivity contribution in [1.29, 1.82) is 0 Å². The van der Waals surface area contributed by atoms with Crippen LogP contribution < -0.4 is 5.32 Å². The minimum atomic E-state index is 0.615. The summed E-state index contributed by atoms with van der Waals surface area (Å²) in [6.07, 6.45) is 9.00. The highest BCUT2D eigenvalue weighted by molar-refractivity contribution is 6.30. The highest BCUT2D eigenvalue weighted by Gasteiger charge is 2.50. The van der Waals surface area contributed by atoms with Gasteiger partial charge in [-0.3, -0.25) is 0 Å². The summed E-state index contributed by atoms with van der Waals surface area (Å²) in [5.74, 6) is 2.37. The Morgan fingerprint density at radius 2 is 1.87 bits per heavy atom. The van der Waals surface area contributed by atoms with E-state index in [2.05, 4.69) is 23.5 Å². The molecule has 0 saturated heterocycles. The van der Waals surface area contributed by atoms with Crippen molar-refractivity contribution in [2.24, 2.45) is 11.8 Å². The molecule has 1 aromatic carbocycles. The number of halogens is 1. The quantitative estimate of drug-likeness (QED) is 0.817. The molecule has 0 aromatic heterocycles. The third kappa shape index (κ3) is 3.22. The fraction of sp³-hybridized carbons (Fsp3) is 0.600. The molecule has 1 aliphatic heterocycles. The molecule has 0 bridgehead atoms. The predicted molar refractivity (Wildman–Crippen MR) is 95.0 cm³/mol. The van der Waals surface area contributed by atoms with E-state index in [0.717, 1.165) is 43.0 Å². The van der Waals surface area contributed by atoms with Crippen LogP contribution in [0.5, 0.6) is 0 Å². The molecule has 1 aromatic rings. The SMILES string of the molecule is Clc1ccc([C@H]2[C@@H]3CCCC[C@H]3[C@@H]2NCC2=CCCOC2)cc1. The standard InChI is InChI=1S/C20H26ClNO/c21-16-9-7-15(8-10-16)19-17-5-1-2-6-18(17)20(19)22-12-14-4-3-11-23-13-14/h4,7-10,17-20,22H,1-3,5-6,11-13H2/t17-,18-,19+,20+/m1/s1. The molecule has 124 valence electrons. The van der Waals surface area contributed by atoms with E-state index in [0.29, 0.717) is 12.0 Å². The molecular weight excluding hydrogens is 306 g/mol. The number of hydrogen-bond donors (Lipinski definition) is 1. The summed E-state index contributed by atoms with van der Waals surface area (Å²) < 4.78 is 5.57. The molecule has 2 fully saturated rings. The van der Waals surface area contributed by atoms with E-state index in [-0.39, 0.29) is 0 Å². The Morgan fingerprint density at radius 1 is 1.09 bits per heavy atom. The minimum Gasteiger partial charge on any atom is -0.377 e. The summed E-state index contributed by atoms with van der Waals surface area (Å²) in [7, 11) is 0. The van der Waals surface area contributed by atoms with Crippen LogP contribution >= 0.6 is 11.6 Å². The molecule has 2 saturated carbocycles. The van der Waals surface area contributed by atoms with Gasteiger partial charge in [0.1, 0.15) is 0 Å². The lowest BCUT2D eigenvalue weighted by Gasteiger charge is -2.55. The molecule has 0 unspecified atom stereocenters. The van der Waals surface area contributed by atoms with Crippen LogP contribution in [0.25, 0.3) is 0 Å². The molecule has 1 N–H and O–H groups in total. The maximum absolute atomic E-state index is 6.08. The first-order valence-corrected chi connectivity index (χ1v) is 9.45. The summed E-state index contributed by atoms with van der Waals surface area (Å²) in [5.41, 5.74) is 2.88. The van der Waals surface area contributed by atoms with Crippen molar-refractivity contribution in [2.75, 3.05) is 19.8 Å². The Kier molecular flexibility index (Phi) is 4.75. The zero-order valence-electron chi connectivity index (χ0n) is 13.6. The van der Waals surface area contributed by atoms with Crippen molar-refractivity contribution in [3.05, 3.63) is 46.5 Å². The van der Waals surface area contributed by atoms with Crippen LogP contribution in [-0.2, 0) is 4.74 Å². The summed E-state index contributed by atoms with van der Waals surface area (Å²) in [6.45, 7) is 2.67. The summed E-state index contributed by atoms with van der Waals surface area (Å²) in [5, 5.41) is 4.71. The van der Waals surface area contributed by atoms with Gasteiger partial charge in [0.05, 0.1) is 13.2 Å². The first kappa shape index (κ1) is 15.7. The number of nitrogens with one attached hydrogen (secondary N) is 1. The van der Waals surface area contributed by atoms with Gasteiger partial charge in [-0.05, 0) is 54.4 Å². The van der Waals surface area contributed by atoms with E-state index in [1.807, 2.05) is 12.1 Å². The normalized spacial score (nSPS) is 33.5. The van der Waals surface area contributed by atoms with Gasteiger partial charge in [-0.1, -0.05) is 42.7 Å². The second-order valence-electron chi connectivity index (χ2n) is 7.30. The van der Waals surface area contributed by atoms with Gasteiger partial charge in [0.2, 0.25) is 0 Å². The van der Waals surface area contributed by atoms with Crippen molar-refractivity contribution in [2.45, 2.75) is 44.1 Å². The van der Waals surface area contributed by atoms with Gasteiger partial charge in [-0.2, -0.15) is 0 Å². The van der Waals surface area contributed by atoms with Crippen LogP contribution in [0.4, 0.5) is 0 Å². The van der Waals surface area contributed by atoms with Crippen LogP contribution in [0.1, 0.15) is 43.6 Å². The van der Waals surface area contributed by atoms with Gasteiger partial charge in [-0.25, -0.2) is 0 Å². The van der Waals surface area contributed by atoms with Crippen LogP contribution in [0.3, 0.4) is 0 Å². The molecule has 4 rings (SSSR count). The van der Waals surface area contributed by atoms with E-state index < -0.39 is 0 Å². The first-order chi connectivity index (χ1) is 11.3. The Morgan fingerprint density at radius 3 is 2.61 bits per heavy atom. The van der Waals surface area contributed by atoms with Gasteiger partial charge in [0.15, 0.2) is 0 Å². The van der Waals surface area contributed by atoms with E-state index in [1.54, 1.807) is 0 Å². The van der Waals surface area contributed by atoms with Crippen LogP contribution in [-0.4, -0.2) is 25.8 Å². The third-order valence-corrected chi connectivity index (χ3v) is 6.24. The molecular formula is C20H26ClNO. The Balaban J connectivity index is 1.48. The van der Waals surface area contributed by atoms with Crippen molar-refractivity contribution in [1.82, 2.24) is 5.32 Å². The number of benzene rings is 1. The molecule has 0 radical (unpaired) electrons. The van der Waals surface area contributed by atoms with Crippen molar-refractivity contribution >= 4 is 11.6 Å². The number of rotatable bonds is 4. The molecule has 0 amide bonds. The van der Waals surface area contributed by atoms with Gasteiger partial charge >= 0.3 is 0 Å². The fourth-order valence-corrected chi connectivity index (χ4v) is 4.99. The maximum Gasteiger partial charge on any atom is 0.0689 e. The monoisotopic (exact) mass is 331 g/mol. The topological polar surface area (TPSA) is 21.3 Å². The molecule has 1 heterocycles. The zero-order valence-corrected chi connectivity index (χ0v) is 14.4. The van der Waals surface area contributed by atoms with Crippen LogP contribution in [0.15, 0.2) is 35.9 Å². The predicted octanol–water partition coefficient (Wildman–Crippen LogP) is 4.55. The van der Waals surface area contributed by atoms with E-state index in [9.17, 15) is 0 Å². The molecule has 3 heteroatoms. The molecule has 2 nitrogen and oxygen atoms in total. The zero-order chi connectivity index (χ0) is 15.6. The highest BCUT2D eigenvalue weighted by atomic mass is 35.5. The summed E-state index contributed by atoms with van der Waals surface area (Å²) >= 11 is 6.08. The van der Waals surface area contributed by atoms with Gasteiger partial charge in [0, 0.05) is 23.5 Å². The van der Waals surface area contributed by atoms with Gasteiger partial charge in [-0.15, -0.1) is 0 Å². The molecule has 3 aliphatic rings.